The highest BCUT2D eigenvalue weighted by Crippen LogP contribution is 2.29. The number of carbonyl (C=O) groups is 1. The molecule has 0 bridgehead atoms. The summed E-state index contributed by atoms with van der Waals surface area (Å²) in [5, 5.41) is 9.00. The first-order valence-electron chi connectivity index (χ1n) is 6.62. The highest BCUT2D eigenvalue weighted by atomic mass is 32.1. The summed E-state index contributed by atoms with van der Waals surface area (Å²) in [5.74, 6) is -1.26. The molecule has 1 aliphatic heterocycles. The van der Waals surface area contributed by atoms with Crippen molar-refractivity contribution >= 4 is 17.2 Å². The van der Waals surface area contributed by atoms with Crippen LogP contribution in [0.2, 0.25) is 0 Å². The molecular weight excluding hydrogens is 335 g/mol. The van der Waals surface area contributed by atoms with E-state index in [1.165, 1.54) is 23.3 Å². The molecule has 0 unspecified atom stereocenters. The zero-order valence-electron chi connectivity index (χ0n) is 12.0. The van der Waals surface area contributed by atoms with E-state index in [4.69, 9.17) is 4.74 Å². The van der Waals surface area contributed by atoms with Crippen LogP contribution in [0, 0.1) is 0 Å². The zero-order valence-corrected chi connectivity index (χ0v) is 12.8. The SMILES string of the molecule is COCc1nc(C(=O)N2CCn3c(nnc3C(F)(F)F)C2)cs1. The Labute approximate surface area is 132 Å². The molecule has 2 aromatic heterocycles. The van der Waals surface area contributed by atoms with Gasteiger partial charge in [0.25, 0.3) is 5.91 Å². The van der Waals surface area contributed by atoms with Gasteiger partial charge < -0.3 is 14.2 Å². The van der Waals surface area contributed by atoms with Gasteiger partial charge in [0, 0.05) is 25.6 Å². The molecule has 0 N–H and O–H groups in total. The van der Waals surface area contributed by atoms with E-state index < -0.39 is 12.0 Å². The molecule has 7 nitrogen and oxygen atoms in total. The number of halogens is 3. The summed E-state index contributed by atoms with van der Waals surface area (Å²) in [6.45, 7) is 0.419. The van der Waals surface area contributed by atoms with E-state index in [0.29, 0.717) is 11.6 Å². The number of aromatic nitrogens is 4. The molecule has 0 fully saturated rings. The third-order valence-corrected chi connectivity index (χ3v) is 4.15. The lowest BCUT2D eigenvalue weighted by Crippen LogP contribution is -2.39. The van der Waals surface area contributed by atoms with Crippen molar-refractivity contribution in [3.63, 3.8) is 0 Å². The number of ether oxygens (including phenoxy) is 1. The van der Waals surface area contributed by atoms with Crippen LogP contribution in [0.5, 0.6) is 0 Å². The summed E-state index contributed by atoms with van der Waals surface area (Å²) in [6, 6.07) is 0. The Morgan fingerprint density at radius 1 is 1.39 bits per heavy atom. The Hall–Kier alpha value is -2.01. The number of methoxy groups -OCH3 is 1. The molecule has 1 amide bonds. The van der Waals surface area contributed by atoms with Gasteiger partial charge in [-0.25, -0.2) is 4.98 Å². The van der Waals surface area contributed by atoms with Crippen LogP contribution >= 0.6 is 11.3 Å². The Morgan fingerprint density at radius 3 is 2.87 bits per heavy atom. The molecular formula is C12H12F3N5O2S. The number of alkyl halides is 3. The minimum absolute atomic E-state index is 0.00200. The van der Waals surface area contributed by atoms with E-state index in [-0.39, 0.29) is 37.1 Å². The number of carbonyl (C=O) groups excluding carboxylic acids is 1. The van der Waals surface area contributed by atoms with Gasteiger partial charge >= 0.3 is 6.18 Å². The van der Waals surface area contributed by atoms with E-state index in [1.807, 2.05) is 0 Å². The van der Waals surface area contributed by atoms with E-state index in [9.17, 15) is 18.0 Å². The molecule has 23 heavy (non-hydrogen) atoms. The summed E-state index contributed by atoms with van der Waals surface area (Å²) in [5.41, 5.74) is 0.256. The average molecular weight is 347 g/mol. The van der Waals surface area contributed by atoms with Crippen molar-refractivity contribution in [1.82, 2.24) is 24.6 Å². The van der Waals surface area contributed by atoms with Crippen molar-refractivity contribution in [2.45, 2.75) is 25.9 Å². The summed E-state index contributed by atoms with van der Waals surface area (Å²) in [7, 11) is 1.53. The lowest BCUT2D eigenvalue weighted by Gasteiger charge is -2.27. The van der Waals surface area contributed by atoms with Crippen molar-refractivity contribution in [2.24, 2.45) is 0 Å². The first-order chi connectivity index (χ1) is 10.9. The summed E-state index contributed by atoms with van der Waals surface area (Å²) in [6.07, 6.45) is -4.55. The monoisotopic (exact) mass is 347 g/mol. The van der Waals surface area contributed by atoms with E-state index in [1.54, 1.807) is 5.38 Å². The van der Waals surface area contributed by atoms with Crippen LogP contribution in [0.15, 0.2) is 5.38 Å². The summed E-state index contributed by atoms with van der Waals surface area (Å²) in [4.78, 5) is 17.9. The van der Waals surface area contributed by atoms with Crippen LogP contribution < -0.4 is 0 Å². The summed E-state index contributed by atoms with van der Waals surface area (Å²) >= 11 is 1.29. The van der Waals surface area contributed by atoms with Gasteiger partial charge in [-0.3, -0.25) is 4.79 Å². The molecule has 0 atom stereocenters. The second-order valence-corrected chi connectivity index (χ2v) is 5.82. The largest absolute Gasteiger partial charge is 0.451 e. The van der Waals surface area contributed by atoms with Crippen LogP contribution in [-0.4, -0.2) is 44.2 Å². The molecule has 124 valence electrons. The quantitative estimate of drug-likeness (QED) is 0.842. The van der Waals surface area contributed by atoms with Gasteiger partial charge in [0.05, 0.1) is 13.2 Å². The first-order valence-corrected chi connectivity index (χ1v) is 7.50. The standard InChI is InChI=1S/C12H12F3N5O2S/c1-22-5-9-16-7(6-23-9)10(21)19-2-3-20-8(4-19)17-18-11(20)12(13,14)15/h6H,2-5H2,1H3. The maximum absolute atomic E-state index is 12.8. The third kappa shape index (κ3) is 3.06. The lowest BCUT2D eigenvalue weighted by atomic mass is 10.3. The number of hydrogen-bond donors (Lipinski definition) is 0. The van der Waals surface area contributed by atoms with E-state index in [0.717, 1.165) is 4.57 Å². The van der Waals surface area contributed by atoms with Crippen LogP contribution in [0.3, 0.4) is 0 Å². The molecule has 2 aromatic rings. The average Bonchev–Trinajstić information content (AvgIpc) is 3.12. The highest BCUT2D eigenvalue weighted by Gasteiger charge is 2.40. The van der Waals surface area contributed by atoms with Crippen LogP contribution in [0.1, 0.15) is 27.1 Å². The zero-order chi connectivity index (χ0) is 16.6. The first kappa shape index (κ1) is 15.9. The normalized spacial score (nSPS) is 14.9. The number of thiazole rings is 1. The molecule has 0 aliphatic carbocycles. The third-order valence-electron chi connectivity index (χ3n) is 3.33. The summed E-state index contributed by atoms with van der Waals surface area (Å²) < 4.78 is 44.3. The molecule has 1 aliphatic rings. The van der Waals surface area contributed by atoms with Crippen LogP contribution in [-0.2, 0) is 30.6 Å². The van der Waals surface area contributed by atoms with Crippen molar-refractivity contribution < 1.29 is 22.7 Å². The molecule has 0 radical (unpaired) electrons. The van der Waals surface area contributed by atoms with Gasteiger partial charge in [-0.2, -0.15) is 13.2 Å². The van der Waals surface area contributed by atoms with Crippen LogP contribution in [0.25, 0.3) is 0 Å². The molecule has 0 saturated heterocycles. The van der Waals surface area contributed by atoms with Gasteiger partial charge in [0.1, 0.15) is 10.7 Å². The van der Waals surface area contributed by atoms with E-state index in [2.05, 4.69) is 15.2 Å². The topological polar surface area (TPSA) is 73.1 Å². The van der Waals surface area contributed by atoms with Gasteiger partial charge in [-0.15, -0.1) is 21.5 Å². The number of fused-ring (bicyclic) bond motifs is 1. The highest BCUT2D eigenvalue weighted by molar-refractivity contribution is 7.09. The Morgan fingerprint density at radius 2 is 2.17 bits per heavy atom. The molecule has 3 rings (SSSR count). The fourth-order valence-electron chi connectivity index (χ4n) is 2.30. The lowest BCUT2D eigenvalue weighted by molar-refractivity contribution is -0.147. The molecule has 0 aromatic carbocycles. The fourth-order valence-corrected chi connectivity index (χ4v) is 3.04. The molecule has 0 spiro atoms. The minimum Gasteiger partial charge on any atom is -0.378 e. The fraction of sp³-hybridized carbons (Fsp3) is 0.500. The van der Waals surface area contributed by atoms with Gasteiger partial charge in [0.15, 0.2) is 5.82 Å². The molecule has 3 heterocycles. The number of rotatable bonds is 3. The predicted molar refractivity (Wildman–Crippen MR) is 72.6 cm³/mol. The van der Waals surface area contributed by atoms with Gasteiger partial charge in [-0.1, -0.05) is 0 Å². The number of nitrogens with zero attached hydrogens (tertiary/aromatic N) is 5. The molecule has 11 heteroatoms. The maximum Gasteiger partial charge on any atom is 0.451 e. The smallest absolute Gasteiger partial charge is 0.378 e. The van der Waals surface area contributed by atoms with Crippen LogP contribution in [0.4, 0.5) is 13.2 Å². The van der Waals surface area contributed by atoms with Crippen molar-refractivity contribution in [3.8, 4) is 0 Å². The second kappa shape index (κ2) is 5.89. The Bertz CT molecular complexity index is 727. The van der Waals surface area contributed by atoms with E-state index >= 15 is 0 Å². The molecule has 0 saturated carbocycles. The van der Waals surface area contributed by atoms with Crippen molar-refractivity contribution in [3.05, 3.63) is 27.7 Å². The number of hydrogen-bond acceptors (Lipinski definition) is 6. The van der Waals surface area contributed by atoms with Gasteiger partial charge in [-0.05, 0) is 0 Å². The van der Waals surface area contributed by atoms with Crippen molar-refractivity contribution in [2.75, 3.05) is 13.7 Å². The predicted octanol–water partition coefficient (Wildman–Crippen LogP) is 1.56. The maximum atomic E-state index is 12.8. The Kier molecular flexibility index (Phi) is 4.06. The minimum atomic E-state index is -4.55. The number of amides is 1. The van der Waals surface area contributed by atoms with Gasteiger partial charge in [0.2, 0.25) is 5.82 Å². The Balaban J connectivity index is 1.76. The second-order valence-electron chi connectivity index (χ2n) is 4.88. The van der Waals surface area contributed by atoms with Crippen molar-refractivity contribution in [1.29, 1.82) is 0 Å².